The quantitative estimate of drug-likeness (QED) is 0.316. The van der Waals surface area contributed by atoms with Crippen LogP contribution >= 0.6 is 0 Å². The van der Waals surface area contributed by atoms with Gasteiger partial charge in [0.1, 0.15) is 0 Å². The third-order valence-corrected chi connectivity index (χ3v) is 6.82. The van der Waals surface area contributed by atoms with E-state index in [1.165, 1.54) is 0 Å². The van der Waals surface area contributed by atoms with Gasteiger partial charge in [-0.2, -0.15) is 0 Å². The fraction of sp³-hybridized carbons (Fsp3) is 0.00901. The molecule has 0 atom stereocenters. The van der Waals surface area contributed by atoms with Crippen molar-refractivity contribution >= 4 is 0 Å². The number of rotatable bonds is 0. The van der Waals surface area contributed by atoms with Gasteiger partial charge >= 0.3 is 0 Å². The highest BCUT2D eigenvalue weighted by Gasteiger charge is 1.68. The van der Waals surface area contributed by atoms with Gasteiger partial charge in [0.2, 0.25) is 0 Å². The lowest BCUT2D eigenvalue weighted by Crippen LogP contribution is -1.57. The van der Waals surface area contributed by atoms with Crippen LogP contribution in [0.15, 0.2) is 0 Å². The Bertz CT molecular complexity index is 7860. The Hall–Kier alpha value is -24.2. The molecule has 0 bridgehead atoms. The van der Waals surface area contributed by atoms with E-state index in [1.807, 2.05) is 0 Å². The molecule has 0 amide bonds. The summed E-state index contributed by atoms with van der Waals surface area (Å²) in [6.07, 6.45) is 4.95. The monoisotopic (exact) mass is 1340 g/mol. The van der Waals surface area contributed by atoms with E-state index in [2.05, 4.69) is 645 Å². The molecule has 0 aliphatic carbocycles. The molecule has 0 saturated heterocycles. The van der Waals surface area contributed by atoms with Crippen LogP contribution in [0, 0.1) is 652 Å². The predicted molar refractivity (Wildman–Crippen MR) is 434 cm³/mol. The molecule has 0 saturated carbocycles. The summed E-state index contributed by atoms with van der Waals surface area (Å²) < 4.78 is 0. The van der Waals surface area contributed by atoms with Crippen LogP contribution in [0.3, 0.4) is 0 Å². The summed E-state index contributed by atoms with van der Waals surface area (Å²) in [4.78, 5) is 0. The normalized spacial score (nSPS) is 3.96. The Kier molecular flexibility index (Phi) is 67.1. The van der Waals surface area contributed by atoms with E-state index in [4.69, 9.17) is 6.42 Å². The van der Waals surface area contributed by atoms with E-state index < -0.39 is 0 Å². The second-order valence-corrected chi connectivity index (χ2v) is 13.8. The van der Waals surface area contributed by atoms with Crippen molar-refractivity contribution in [3.63, 3.8) is 0 Å². The average Bonchev–Trinajstić information content (AvgIpc) is 3.81. The molecule has 0 heteroatoms. The molecule has 0 radical (unpaired) electrons. The summed E-state index contributed by atoms with van der Waals surface area (Å²) in [6, 6.07) is 0. The van der Waals surface area contributed by atoms with Crippen LogP contribution in [0.2, 0.25) is 0 Å². The van der Waals surface area contributed by atoms with Gasteiger partial charge in [-0.1, -0.05) is 5.92 Å². The minimum absolute atomic E-state index is 1.68. The molecule has 448 valence electrons. The van der Waals surface area contributed by atoms with Crippen molar-refractivity contribution in [3.8, 4) is 652 Å². The first kappa shape index (κ1) is 86.8. The van der Waals surface area contributed by atoms with E-state index in [-0.39, 0.29) is 0 Å². The maximum absolute atomic E-state index is 4.95. The first-order chi connectivity index (χ1) is 55.4. The molecule has 0 heterocycles. The van der Waals surface area contributed by atoms with Gasteiger partial charge in [0.15, 0.2) is 0 Å². The summed E-state index contributed by atoms with van der Waals surface area (Å²) in [6.45, 7) is 1.68. The number of terminal acetylenes is 1. The van der Waals surface area contributed by atoms with Gasteiger partial charge in [-0.15, -0.1) is 6.42 Å². The molecule has 0 nitrogen and oxygen atoms in total. The van der Waals surface area contributed by atoms with Gasteiger partial charge in [0, 0.05) is 545 Å². The molecule has 0 aliphatic heterocycles. The van der Waals surface area contributed by atoms with Crippen LogP contribution in [0.5, 0.6) is 0 Å². The van der Waals surface area contributed by atoms with Crippen molar-refractivity contribution in [2.45, 2.75) is 6.92 Å². The lowest BCUT2D eigenvalue weighted by atomic mass is 10.4. The first-order valence-corrected chi connectivity index (χ1v) is 27.8. The number of hydrogen-bond donors (Lipinski definition) is 0. The summed E-state index contributed by atoms with van der Waals surface area (Å²) in [5.41, 5.74) is 0. The van der Waals surface area contributed by atoms with E-state index in [9.17, 15) is 0 Å². The summed E-state index contributed by atoms with van der Waals surface area (Å²) in [5, 5.41) is 0. The van der Waals surface area contributed by atoms with Crippen LogP contribution < -0.4 is 0 Å². The summed E-state index contributed by atoms with van der Waals surface area (Å²) >= 11 is 0. The second-order valence-electron chi connectivity index (χ2n) is 13.8. The Labute approximate surface area is 654 Å². The van der Waals surface area contributed by atoms with Gasteiger partial charge in [0.05, 0.1) is 0 Å². The van der Waals surface area contributed by atoms with Crippen molar-refractivity contribution in [1.82, 2.24) is 0 Å². The minimum Gasteiger partial charge on any atom is -0.106 e. The molecule has 0 N–H and O–H groups in total. The SMILES string of the molecule is C#CC#CC#CC#CC#CC#CC#CC#CC#CC#CC#CC#CC#CC#CC#CC#CC#CC#CC#CC#CC#CC#CC#CC#CC#CC#CC#CC#CC#CC#CC#CC#CC#CC#CC#CC#CC#CC#CC#CC#CC#CC#CC#CC#CC#CC#CC#CC#CC#CC#CC#CC#CC#CC#CC#CC. The second kappa shape index (κ2) is 85.8. The zero-order valence-electron chi connectivity index (χ0n) is 56.1. The van der Waals surface area contributed by atoms with Gasteiger partial charge in [-0.3, -0.25) is 0 Å². The highest BCUT2D eigenvalue weighted by atomic mass is 13.7. The Morgan fingerprint density at radius 3 is 0.162 bits per heavy atom. The molecule has 0 aliphatic rings. The van der Waals surface area contributed by atoms with Gasteiger partial charge < -0.3 is 0 Å². The molecule has 0 aromatic heterocycles. The van der Waals surface area contributed by atoms with Crippen molar-refractivity contribution in [3.05, 3.63) is 0 Å². The average molecular weight is 1340 g/mol. The molecular weight excluding hydrogens is 1330 g/mol. The lowest BCUT2D eigenvalue weighted by molar-refractivity contribution is 1.92. The van der Waals surface area contributed by atoms with Crippen molar-refractivity contribution in [1.29, 1.82) is 0 Å². The standard InChI is InChI=1S/C111H4/c1-3-5-7-9-11-13-15-17-19-21-23-25-27-29-31-33-35-37-39-41-43-45-47-49-51-53-55-57-59-61-63-65-67-69-71-73-75-77-79-81-83-85-87-89-91-93-95-97-99-101-103-105-107-109-111-110-108-106-104-102-100-98-96-94-92-90-88-86-84-82-80-78-76-74-72-70-68-66-64-62-60-58-56-54-52-50-48-46-44-42-40-38-36-34-32-30-28-26-24-22-20-18-16-14-12-10-8-6-4-2/h1H,2H3. The van der Waals surface area contributed by atoms with Crippen molar-refractivity contribution in [2.75, 3.05) is 0 Å². The summed E-state index contributed by atoms with van der Waals surface area (Å²) in [7, 11) is 0. The zero-order chi connectivity index (χ0) is 79.1. The Morgan fingerprint density at radius 2 is 0.117 bits per heavy atom. The fourth-order valence-electron chi connectivity index (χ4n) is 3.38. The molecule has 111 heavy (non-hydrogen) atoms. The van der Waals surface area contributed by atoms with E-state index in [0.717, 1.165) is 0 Å². The van der Waals surface area contributed by atoms with Gasteiger partial charge in [0.25, 0.3) is 0 Å². The van der Waals surface area contributed by atoms with Gasteiger partial charge in [-0.05, 0) is 102 Å². The third kappa shape index (κ3) is 85.8. The van der Waals surface area contributed by atoms with E-state index in [1.54, 1.807) is 6.92 Å². The molecular formula is C111H4. The Balaban J connectivity index is 4.64. The molecule has 0 spiro atoms. The molecule has 0 aromatic carbocycles. The summed E-state index contributed by atoms with van der Waals surface area (Å²) in [5.74, 6) is 272. The highest BCUT2D eigenvalue weighted by molar-refractivity contribution is 5.57. The molecule has 0 aromatic rings. The van der Waals surface area contributed by atoms with Crippen molar-refractivity contribution < 1.29 is 0 Å². The highest BCUT2D eigenvalue weighted by Crippen LogP contribution is 1.68. The largest absolute Gasteiger partial charge is 0.106 e. The molecule has 0 fully saturated rings. The Morgan fingerprint density at radius 1 is 0.0721 bits per heavy atom. The van der Waals surface area contributed by atoms with Crippen LogP contribution in [0.1, 0.15) is 6.92 Å². The van der Waals surface area contributed by atoms with Crippen LogP contribution in [0.4, 0.5) is 0 Å². The van der Waals surface area contributed by atoms with E-state index in [0.29, 0.717) is 0 Å². The maximum Gasteiger partial charge on any atom is 0 e. The van der Waals surface area contributed by atoms with Gasteiger partial charge in [-0.25, -0.2) is 0 Å². The maximum atomic E-state index is 4.95. The number of hydrogen-bond acceptors (Lipinski definition) is 0. The molecule has 0 rings (SSSR count). The van der Waals surface area contributed by atoms with Crippen LogP contribution in [-0.2, 0) is 0 Å². The predicted octanol–water partition coefficient (Wildman–Crippen LogP) is 0.823. The first-order valence-electron chi connectivity index (χ1n) is 27.8. The fourth-order valence-corrected chi connectivity index (χ4v) is 3.38. The van der Waals surface area contributed by atoms with E-state index >= 15 is 0 Å². The third-order valence-electron chi connectivity index (χ3n) is 6.82. The topological polar surface area (TPSA) is 0 Å². The van der Waals surface area contributed by atoms with Crippen molar-refractivity contribution in [2.24, 2.45) is 0 Å². The van der Waals surface area contributed by atoms with Crippen LogP contribution in [-0.4, -0.2) is 0 Å². The smallest absolute Gasteiger partial charge is 0 e. The van der Waals surface area contributed by atoms with Crippen LogP contribution in [0.25, 0.3) is 0 Å². The lowest BCUT2D eigenvalue weighted by Gasteiger charge is -1.58. The zero-order valence-corrected chi connectivity index (χ0v) is 56.1. The molecule has 0 unspecified atom stereocenters. The minimum atomic E-state index is 1.68.